The Hall–Kier alpha value is -1.59. The molecule has 5 nitrogen and oxygen atoms in total. The standard InChI is InChI=1S/C12H17N3O2/c1-12(2)10(11(13)16)8-14(15(12)17)9-6-4-3-5-7-9/h3-7,10,15H,8H2,1-2H3,(H2,13,16). The molecule has 5 heteroatoms. The molecule has 0 radical (unpaired) electrons. The van der Waals surface area contributed by atoms with Crippen LogP contribution in [0.2, 0.25) is 0 Å². The van der Waals surface area contributed by atoms with E-state index < -0.39 is 17.4 Å². The molecule has 2 rings (SSSR count). The zero-order valence-electron chi connectivity index (χ0n) is 10.0. The van der Waals surface area contributed by atoms with Crippen LogP contribution in [0, 0.1) is 11.1 Å². The Bertz CT molecular complexity index is 419. The highest BCUT2D eigenvalue weighted by atomic mass is 16.6. The first-order chi connectivity index (χ1) is 7.94. The van der Waals surface area contributed by atoms with Gasteiger partial charge in [-0.3, -0.25) is 9.97 Å². The third-order valence-electron chi connectivity index (χ3n) is 3.44. The number of nitrogens with one attached hydrogen (secondary N) is 1. The SMILES string of the molecule is CC1(C)C(C(N)=O)CN(c2ccccc2)[NH+]1[O-]. The van der Waals surface area contributed by atoms with E-state index in [1.807, 2.05) is 30.3 Å². The maximum Gasteiger partial charge on any atom is 0.228 e. The molecular formula is C12H17N3O2. The summed E-state index contributed by atoms with van der Waals surface area (Å²) in [6.45, 7) is 3.91. The van der Waals surface area contributed by atoms with Crippen LogP contribution in [-0.2, 0) is 4.79 Å². The molecule has 3 N–H and O–H groups in total. The van der Waals surface area contributed by atoms with E-state index in [-0.39, 0.29) is 5.17 Å². The van der Waals surface area contributed by atoms with Crippen LogP contribution < -0.4 is 15.9 Å². The van der Waals surface area contributed by atoms with Crippen LogP contribution in [-0.4, -0.2) is 18.0 Å². The molecule has 1 aliphatic rings. The molecule has 1 fully saturated rings. The molecule has 0 bridgehead atoms. The summed E-state index contributed by atoms with van der Waals surface area (Å²) in [5.74, 6) is -0.850. The second-order valence-corrected chi connectivity index (χ2v) is 4.93. The van der Waals surface area contributed by atoms with E-state index in [2.05, 4.69) is 0 Å². The van der Waals surface area contributed by atoms with E-state index in [1.165, 1.54) is 0 Å². The number of anilines is 1. The molecule has 0 spiro atoms. The normalized spacial score (nSPS) is 27.1. The minimum atomic E-state index is -0.721. The summed E-state index contributed by atoms with van der Waals surface area (Å²) in [5, 5.41) is 13.8. The summed E-state index contributed by atoms with van der Waals surface area (Å²) in [5.41, 5.74) is 5.45. The highest BCUT2D eigenvalue weighted by Crippen LogP contribution is 2.23. The van der Waals surface area contributed by atoms with Crippen molar-refractivity contribution in [2.45, 2.75) is 19.4 Å². The van der Waals surface area contributed by atoms with E-state index >= 15 is 0 Å². The van der Waals surface area contributed by atoms with Crippen molar-refractivity contribution < 1.29 is 9.97 Å². The number of primary amides is 1. The van der Waals surface area contributed by atoms with E-state index in [0.717, 1.165) is 5.69 Å². The average Bonchev–Trinajstić information content (AvgIpc) is 2.52. The number of benzene rings is 1. The van der Waals surface area contributed by atoms with Crippen molar-refractivity contribution in [2.24, 2.45) is 11.7 Å². The van der Waals surface area contributed by atoms with Crippen molar-refractivity contribution in [1.29, 1.82) is 0 Å². The smallest absolute Gasteiger partial charge is 0.228 e. The molecule has 2 unspecified atom stereocenters. The Kier molecular flexibility index (Phi) is 2.81. The van der Waals surface area contributed by atoms with Crippen LogP contribution in [0.1, 0.15) is 13.8 Å². The Morgan fingerprint density at radius 3 is 2.53 bits per heavy atom. The van der Waals surface area contributed by atoms with Gasteiger partial charge in [0.15, 0.2) is 0 Å². The van der Waals surface area contributed by atoms with Gasteiger partial charge < -0.3 is 10.9 Å². The molecule has 1 heterocycles. The maximum atomic E-state index is 12.3. The molecule has 1 saturated heterocycles. The minimum Gasteiger partial charge on any atom is -0.607 e. The topological polar surface area (TPSA) is 73.8 Å². The van der Waals surface area contributed by atoms with Crippen LogP contribution >= 0.6 is 0 Å². The molecule has 1 amide bonds. The van der Waals surface area contributed by atoms with Gasteiger partial charge >= 0.3 is 0 Å². The van der Waals surface area contributed by atoms with Crippen LogP contribution in [0.4, 0.5) is 5.69 Å². The fourth-order valence-electron chi connectivity index (χ4n) is 2.27. The largest absolute Gasteiger partial charge is 0.607 e. The molecule has 0 aromatic heterocycles. The van der Waals surface area contributed by atoms with Gasteiger partial charge in [-0.2, -0.15) is 0 Å². The molecule has 0 aliphatic carbocycles. The number of rotatable bonds is 2. The second-order valence-electron chi connectivity index (χ2n) is 4.93. The monoisotopic (exact) mass is 235 g/mol. The first-order valence-corrected chi connectivity index (χ1v) is 5.61. The van der Waals surface area contributed by atoms with Gasteiger partial charge in [-0.05, 0) is 26.0 Å². The van der Waals surface area contributed by atoms with Gasteiger partial charge in [0, 0.05) is 0 Å². The summed E-state index contributed by atoms with van der Waals surface area (Å²) in [6.07, 6.45) is 0. The molecule has 2 atom stereocenters. The van der Waals surface area contributed by atoms with Crippen molar-refractivity contribution in [1.82, 2.24) is 0 Å². The van der Waals surface area contributed by atoms with Gasteiger partial charge in [0.05, 0.1) is 12.2 Å². The summed E-state index contributed by atoms with van der Waals surface area (Å²) < 4.78 is 0. The molecule has 17 heavy (non-hydrogen) atoms. The van der Waals surface area contributed by atoms with Crippen LogP contribution in [0.5, 0.6) is 0 Å². The molecule has 1 aromatic carbocycles. The fraction of sp³-hybridized carbons (Fsp3) is 0.417. The number of hydrogen-bond acceptors (Lipinski definition) is 3. The third-order valence-corrected chi connectivity index (χ3v) is 3.44. The third kappa shape index (κ3) is 1.87. The van der Waals surface area contributed by atoms with Gasteiger partial charge in [-0.1, -0.05) is 18.2 Å². The zero-order chi connectivity index (χ0) is 12.6. The van der Waals surface area contributed by atoms with Gasteiger partial charge in [0.2, 0.25) is 5.91 Å². The molecule has 1 aromatic rings. The van der Waals surface area contributed by atoms with Gasteiger partial charge in [0.25, 0.3) is 0 Å². The van der Waals surface area contributed by atoms with Gasteiger partial charge in [0.1, 0.15) is 11.5 Å². The number of hydroxylamine groups is 1. The van der Waals surface area contributed by atoms with E-state index in [4.69, 9.17) is 5.73 Å². The van der Waals surface area contributed by atoms with Crippen LogP contribution in [0.3, 0.4) is 0 Å². The number of nitrogens with two attached hydrogens (primary N) is 1. The summed E-state index contributed by atoms with van der Waals surface area (Å²) in [4.78, 5) is 11.4. The maximum absolute atomic E-state index is 12.3. The Morgan fingerprint density at radius 1 is 1.47 bits per heavy atom. The zero-order valence-corrected chi connectivity index (χ0v) is 10.0. The lowest BCUT2D eigenvalue weighted by Gasteiger charge is -2.37. The average molecular weight is 235 g/mol. The summed E-state index contributed by atoms with van der Waals surface area (Å²) in [6, 6.07) is 9.34. The Morgan fingerprint density at radius 2 is 2.06 bits per heavy atom. The first-order valence-electron chi connectivity index (χ1n) is 5.61. The lowest BCUT2D eigenvalue weighted by molar-refractivity contribution is -0.896. The highest BCUT2D eigenvalue weighted by molar-refractivity contribution is 5.79. The van der Waals surface area contributed by atoms with Crippen molar-refractivity contribution in [2.75, 3.05) is 11.6 Å². The number of quaternary nitrogens is 1. The Labute approximate surface area is 100 Å². The number of carbonyl (C=O) groups excluding carboxylic acids is 1. The van der Waals surface area contributed by atoms with E-state index in [1.54, 1.807) is 18.9 Å². The molecule has 92 valence electrons. The number of para-hydroxylation sites is 1. The van der Waals surface area contributed by atoms with Crippen LogP contribution in [0.25, 0.3) is 0 Å². The number of hydrogen-bond donors (Lipinski definition) is 2. The number of nitrogens with zero attached hydrogens (tertiary/aromatic N) is 1. The first kappa shape index (κ1) is 11.9. The minimum absolute atomic E-state index is 0.0486. The quantitative estimate of drug-likeness (QED) is 0.690. The number of amides is 1. The van der Waals surface area contributed by atoms with Gasteiger partial charge in [-0.25, -0.2) is 5.01 Å². The lowest BCUT2D eigenvalue weighted by Crippen LogP contribution is -3.19. The molecular weight excluding hydrogens is 218 g/mol. The predicted octanol–water partition coefficient (Wildman–Crippen LogP) is -0.316. The van der Waals surface area contributed by atoms with Gasteiger partial charge in [-0.15, -0.1) is 0 Å². The summed E-state index contributed by atoms with van der Waals surface area (Å²) in [7, 11) is 0. The van der Waals surface area contributed by atoms with Crippen molar-refractivity contribution in [3.05, 3.63) is 35.5 Å². The van der Waals surface area contributed by atoms with Crippen molar-refractivity contribution >= 4 is 11.6 Å². The van der Waals surface area contributed by atoms with Crippen LogP contribution in [0.15, 0.2) is 30.3 Å². The lowest BCUT2D eigenvalue weighted by atomic mass is 9.89. The summed E-state index contributed by atoms with van der Waals surface area (Å²) >= 11 is 0. The molecule has 0 saturated carbocycles. The van der Waals surface area contributed by atoms with E-state index in [9.17, 15) is 10.0 Å². The Balaban J connectivity index is 2.32. The highest BCUT2D eigenvalue weighted by Gasteiger charge is 2.50. The fourth-order valence-corrected chi connectivity index (χ4v) is 2.27. The number of carbonyl (C=O) groups is 1. The van der Waals surface area contributed by atoms with Crippen molar-refractivity contribution in [3.8, 4) is 0 Å². The second kappa shape index (κ2) is 4.01. The van der Waals surface area contributed by atoms with Crippen molar-refractivity contribution in [3.63, 3.8) is 0 Å². The van der Waals surface area contributed by atoms with E-state index in [0.29, 0.717) is 6.54 Å². The predicted molar refractivity (Wildman–Crippen MR) is 64.9 cm³/mol. The molecule has 1 aliphatic heterocycles.